The summed E-state index contributed by atoms with van der Waals surface area (Å²) in [7, 11) is 1.83. The van der Waals surface area contributed by atoms with E-state index in [1.165, 1.54) is 6.07 Å². The molecule has 0 aromatic heterocycles. The Hall–Kier alpha value is -1.38. The Labute approximate surface area is 109 Å². The fourth-order valence-electron chi connectivity index (χ4n) is 1.84. The van der Waals surface area contributed by atoms with E-state index < -0.39 is 0 Å². The molecule has 0 unspecified atom stereocenters. The van der Waals surface area contributed by atoms with Crippen LogP contribution >= 0.6 is 0 Å². The molecule has 0 heterocycles. The van der Waals surface area contributed by atoms with Gasteiger partial charge in [-0.2, -0.15) is 0 Å². The molecule has 0 aliphatic heterocycles. The lowest BCUT2D eigenvalue weighted by Gasteiger charge is -2.16. The molecule has 0 radical (unpaired) electrons. The highest BCUT2D eigenvalue weighted by atomic mass is 19.1. The van der Waals surface area contributed by atoms with E-state index in [1.807, 2.05) is 13.1 Å². The van der Waals surface area contributed by atoms with Gasteiger partial charge in [-0.15, -0.1) is 0 Å². The van der Waals surface area contributed by atoms with Crippen molar-refractivity contribution in [1.29, 1.82) is 0 Å². The minimum atomic E-state index is -0.177. The summed E-state index contributed by atoms with van der Waals surface area (Å²) in [6.07, 6.45) is 3.95. The van der Waals surface area contributed by atoms with Crippen LogP contribution in [0.1, 0.15) is 38.2 Å². The molecule has 0 saturated heterocycles. The monoisotopic (exact) mass is 251 g/mol. The highest BCUT2D eigenvalue weighted by Gasteiger charge is 2.08. The van der Waals surface area contributed by atoms with Crippen molar-refractivity contribution in [2.24, 2.45) is 0 Å². The molecule has 0 fully saturated rings. The number of hydrogen-bond donors (Lipinski definition) is 0. The zero-order chi connectivity index (χ0) is 13.4. The number of unbranched alkanes of at least 4 members (excludes halogenated alkanes) is 1. The third-order valence-electron chi connectivity index (χ3n) is 3.07. The van der Waals surface area contributed by atoms with Crippen molar-refractivity contribution < 1.29 is 9.18 Å². The van der Waals surface area contributed by atoms with Crippen LogP contribution in [0.25, 0.3) is 0 Å². The molecule has 0 atom stereocenters. The summed E-state index contributed by atoms with van der Waals surface area (Å²) in [4.78, 5) is 13.5. The van der Waals surface area contributed by atoms with Gasteiger partial charge < -0.3 is 4.90 Å². The number of amides is 1. The first kappa shape index (κ1) is 14.7. The van der Waals surface area contributed by atoms with E-state index in [4.69, 9.17) is 0 Å². The maximum absolute atomic E-state index is 13.3. The minimum absolute atomic E-state index is 0.153. The molecule has 100 valence electrons. The zero-order valence-electron chi connectivity index (χ0n) is 11.3. The first-order valence-corrected chi connectivity index (χ1v) is 6.62. The number of hydrogen-bond acceptors (Lipinski definition) is 1. The summed E-state index contributed by atoms with van der Waals surface area (Å²) >= 11 is 0. The predicted molar refractivity (Wildman–Crippen MR) is 71.9 cm³/mol. The second-order valence-corrected chi connectivity index (χ2v) is 4.61. The van der Waals surface area contributed by atoms with Crippen LogP contribution in [0.15, 0.2) is 24.3 Å². The van der Waals surface area contributed by atoms with Gasteiger partial charge in [0.25, 0.3) is 0 Å². The fourth-order valence-corrected chi connectivity index (χ4v) is 1.84. The topological polar surface area (TPSA) is 20.3 Å². The lowest BCUT2D eigenvalue weighted by Crippen LogP contribution is -2.27. The molecule has 1 rings (SSSR count). The summed E-state index contributed by atoms with van der Waals surface area (Å²) in [5.41, 5.74) is 0.696. The predicted octanol–water partition coefficient (Wildman–Crippen LogP) is 3.41. The van der Waals surface area contributed by atoms with Gasteiger partial charge >= 0.3 is 0 Å². The molecule has 1 amide bonds. The van der Waals surface area contributed by atoms with E-state index in [-0.39, 0.29) is 11.7 Å². The van der Waals surface area contributed by atoms with Gasteiger partial charge in [-0.25, -0.2) is 4.39 Å². The molecule has 1 aromatic carbocycles. The number of benzene rings is 1. The molecule has 0 aliphatic rings. The Kier molecular flexibility index (Phi) is 6.40. The smallest absolute Gasteiger partial charge is 0.222 e. The molecule has 0 aliphatic carbocycles. The first-order valence-electron chi connectivity index (χ1n) is 6.62. The van der Waals surface area contributed by atoms with Crippen LogP contribution in [0.4, 0.5) is 4.39 Å². The average Bonchev–Trinajstić information content (AvgIpc) is 2.38. The van der Waals surface area contributed by atoms with Crippen molar-refractivity contribution in [3.8, 4) is 0 Å². The molecule has 0 saturated carbocycles. The van der Waals surface area contributed by atoms with Gasteiger partial charge in [0.15, 0.2) is 0 Å². The summed E-state index contributed by atoms with van der Waals surface area (Å²) in [5.74, 6) is -0.0240. The molecule has 1 aromatic rings. The quantitative estimate of drug-likeness (QED) is 0.727. The molecule has 0 N–H and O–H groups in total. The number of carbonyl (C=O) groups excluding carboxylic acids is 1. The first-order chi connectivity index (χ1) is 8.65. The van der Waals surface area contributed by atoms with Crippen LogP contribution in [0, 0.1) is 5.82 Å². The highest BCUT2D eigenvalue weighted by Crippen LogP contribution is 2.10. The molecule has 2 nitrogen and oxygen atoms in total. The largest absolute Gasteiger partial charge is 0.346 e. The SMILES string of the molecule is CCCCN(C)C(=O)CCCc1ccccc1F. The maximum atomic E-state index is 13.3. The molecule has 18 heavy (non-hydrogen) atoms. The van der Waals surface area contributed by atoms with Crippen molar-refractivity contribution >= 4 is 5.91 Å². The van der Waals surface area contributed by atoms with Crippen LogP contribution in [-0.4, -0.2) is 24.4 Å². The van der Waals surface area contributed by atoms with Gasteiger partial charge in [0, 0.05) is 20.0 Å². The number of nitrogens with zero attached hydrogens (tertiary/aromatic N) is 1. The summed E-state index contributed by atoms with van der Waals surface area (Å²) in [6.45, 7) is 2.92. The Morgan fingerprint density at radius 2 is 2.00 bits per heavy atom. The third-order valence-corrected chi connectivity index (χ3v) is 3.07. The summed E-state index contributed by atoms with van der Waals surface area (Å²) < 4.78 is 13.3. The number of carbonyl (C=O) groups is 1. The van der Waals surface area contributed by atoms with E-state index in [0.29, 0.717) is 24.8 Å². The Bertz CT molecular complexity index is 379. The van der Waals surface area contributed by atoms with E-state index in [9.17, 15) is 9.18 Å². The van der Waals surface area contributed by atoms with Gasteiger partial charge in [-0.05, 0) is 30.9 Å². The lowest BCUT2D eigenvalue weighted by atomic mass is 10.1. The molecule has 3 heteroatoms. The molecular weight excluding hydrogens is 229 g/mol. The average molecular weight is 251 g/mol. The standard InChI is InChI=1S/C15H22FNO/c1-3-4-12-17(2)15(18)11-7-9-13-8-5-6-10-14(13)16/h5-6,8,10H,3-4,7,9,11-12H2,1-2H3. The Balaban J connectivity index is 2.29. The van der Waals surface area contributed by atoms with Gasteiger partial charge in [-0.3, -0.25) is 4.79 Å². The second-order valence-electron chi connectivity index (χ2n) is 4.61. The molecule has 0 bridgehead atoms. The number of aryl methyl sites for hydroxylation is 1. The highest BCUT2D eigenvalue weighted by molar-refractivity contribution is 5.75. The van der Waals surface area contributed by atoms with Gasteiger partial charge in [0.05, 0.1) is 0 Å². The van der Waals surface area contributed by atoms with E-state index in [0.717, 1.165) is 19.4 Å². The number of halogens is 1. The zero-order valence-corrected chi connectivity index (χ0v) is 11.3. The van der Waals surface area contributed by atoms with E-state index in [1.54, 1.807) is 17.0 Å². The van der Waals surface area contributed by atoms with E-state index in [2.05, 4.69) is 6.92 Å². The maximum Gasteiger partial charge on any atom is 0.222 e. The fraction of sp³-hybridized carbons (Fsp3) is 0.533. The minimum Gasteiger partial charge on any atom is -0.346 e. The van der Waals surface area contributed by atoms with Crippen molar-refractivity contribution in [1.82, 2.24) is 4.90 Å². The van der Waals surface area contributed by atoms with Crippen LogP contribution in [-0.2, 0) is 11.2 Å². The van der Waals surface area contributed by atoms with Gasteiger partial charge in [0.2, 0.25) is 5.91 Å². The Morgan fingerprint density at radius 3 is 2.67 bits per heavy atom. The van der Waals surface area contributed by atoms with Crippen molar-refractivity contribution in [3.63, 3.8) is 0 Å². The second kappa shape index (κ2) is 7.85. The van der Waals surface area contributed by atoms with Crippen molar-refractivity contribution in [3.05, 3.63) is 35.6 Å². The van der Waals surface area contributed by atoms with E-state index >= 15 is 0 Å². The van der Waals surface area contributed by atoms with Crippen LogP contribution < -0.4 is 0 Å². The lowest BCUT2D eigenvalue weighted by molar-refractivity contribution is -0.130. The van der Waals surface area contributed by atoms with Crippen LogP contribution in [0.3, 0.4) is 0 Å². The summed E-state index contributed by atoms with van der Waals surface area (Å²) in [5, 5.41) is 0. The van der Waals surface area contributed by atoms with Gasteiger partial charge in [0.1, 0.15) is 5.82 Å². The molecule has 0 spiro atoms. The third kappa shape index (κ3) is 4.86. The van der Waals surface area contributed by atoms with Crippen LogP contribution in [0.5, 0.6) is 0 Å². The van der Waals surface area contributed by atoms with Crippen LogP contribution in [0.2, 0.25) is 0 Å². The summed E-state index contributed by atoms with van der Waals surface area (Å²) in [6, 6.07) is 6.75. The number of rotatable bonds is 7. The van der Waals surface area contributed by atoms with Crippen molar-refractivity contribution in [2.75, 3.05) is 13.6 Å². The van der Waals surface area contributed by atoms with Crippen molar-refractivity contribution in [2.45, 2.75) is 39.0 Å². The van der Waals surface area contributed by atoms with Gasteiger partial charge in [-0.1, -0.05) is 31.5 Å². The Morgan fingerprint density at radius 1 is 1.28 bits per heavy atom. The normalized spacial score (nSPS) is 10.4. The molecular formula is C15H22FNO.